The van der Waals surface area contributed by atoms with Crippen LogP contribution in [0.4, 0.5) is 0 Å². The van der Waals surface area contributed by atoms with Crippen molar-refractivity contribution >= 4 is 37.7 Å². The molecule has 84 valence electrons. The molecule has 2 aromatic carbocycles. The first-order chi connectivity index (χ1) is 8.38. The average molecular weight is 239 g/mol. The highest BCUT2D eigenvalue weighted by atomic mass is 32.1. The maximum absolute atomic E-state index is 7.09. The fourth-order valence-electron chi connectivity index (χ4n) is 2.17. The van der Waals surface area contributed by atoms with E-state index >= 15 is 0 Å². The summed E-state index contributed by atoms with van der Waals surface area (Å²) in [6.45, 7) is 0. The minimum atomic E-state index is 0.827. The normalized spacial score (nSPS) is 11.1. The summed E-state index contributed by atoms with van der Waals surface area (Å²) in [7, 11) is 0. The predicted octanol–water partition coefficient (Wildman–Crippen LogP) is 4.64. The van der Waals surface area contributed by atoms with Crippen molar-refractivity contribution in [2.75, 3.05) is 0 Å². The van der Waals surface area contributed by atoms with Crippen LogP contribution in [0.5, 0.6) is 0 Å². The third-order valence-corrected chi connectivity index (χ3v) is 4.17. The van der Waals surface area contributed by atoms with Gasteiger partial charge in [0.15, 0.2) is 0 Å². The second kappa shape index (κ2) is 4.30. The fraction of sp³-hybridized carbons (Fsp3) is 0.133. The minimum Gasteiger partial charge on any atom is -0.313 e. The lowest BCUT2D eigenvalue weighted by atomic mass is 10.1. The SMILES string of the molecule is N=CCCc1ccc2sc3ccccc3c2c1. The van der Waals surface area contributed by atoms with E-state index in [9.17, 15) is 0 Å². The number of hydrogen-bond acceptors (Lipinski definition) is 2. The van der Waals surface area contributed by atoms with Crippen LogP contribution in [0, 0.1) is 5.41 Å². The summed E-state index contributed by atoms with van der Waals surface area (Å²) in [5, 5.41) is 9.80. The highest BCUT2D eigenvalue weighted by molar-refractivity contribution is 7.25. The Labute approximate surface area is 104 Å². The smallest absolute Gasteiger partial charge is 0.0355 e. The topological polar surface area (TPSA) is 23.9 Å². The van der Waals surface area contributed by atoms with E-state index in [4.69, 9.17) is 5.41 Å². The van der Waals surface area contributed by atoms with Gasteiger partial charge in [-0.3, -0.25) is 0 Å². The van der Waals surface area contributed by atoms with Crippen LogP contribution in [-0.4, -0.2) is 6.21 Å². The second-order valence-corrected chi connectivity index (χ2v) is 5.26. The molecular weight excluding hydrogens is 226 g/mol. The van der Waals surface area contributed by atoms with E-state index in [1.54, 1.807) is 0 Å². The summed E-state index contributed by atoms with van der Waals surface area (Å²) in [6.07, 6.45) is 3.27. The zero-order chi connectivity index (χ0) is 11.7. The molecule has 0 spiro atoms. The predicted molar refractivity (Wildman–Crippen MR) is 76.4 cm³/mol. The van der Waals surface area contributed by atoms with Crippen molar-refractivity contribution in [3.63, 3.8) is 0 Å². The first-order valence-corrected chi connectivity index (χ1v) is 6.59. The average Bonchev–Trinajstić information content (AvgIpc) is 2.74. The van der Waals surface area contributed by atoms with Crippen LogP contribution >= 0.6 is 11.3 Å². The van der Waals surface area contributed by atoms with Crippen LogP contribution in [0.15, 0.2) is 42.5 Å². The summed E-state index contributed by atoms with van der Waals surface area (Å²) < 4.78 is 2.71. The molecule has 1 aromatic heterocycles. The van der Waals surface area contributed by atoms with Gasteiger partial charge in [-0.1, -0.05) is 24.3 Å². The van der Waals surface area contributed by atoms with Gasteiger partial charge in [-0.25, -0.2) is 0 Å². The molecule has 1 heterocycles. The Hall–Kier alpha value is -1.67. The molecule has 0 aliphatic rings. The molecule has 0 aliphatic heterocycles. The van der Waals surface area contributed by atoms with Crippen LogP contribution in [0.1, 0.15) is 12.0 Å². The summed E-state index contributed by atoms with van der Waals surface area (Å²) in [5.74, 6) is 0. The van der Waals surface area contributed by atoms with Crippen LogP contribution in [0.25, 0.3) is 20.2 Å². The largest absolute Gasteiger partial charge is 0.313 e. The Balaban J connectivity index is 2.19. The van der Waals surface area contributed by atoms with Gasteiger partial charge in [-0.05, 0) is 42.8 Å². The molecule has 3 aromatic rings. The summed E-state index contributed by atoms with van der Waals surface area (Å²) >= 11 is 1.85. The van der Waals surface area contributed by atoms with Crippen molar-refractivity contribution < 1.29 is 0 Å². The summed E-state index contributed by atoms with van der Waals surface area (Å²) in [4.78, 5) is 0. The van der Waals surface area contributed by atoms with Crippen LogP contribution in [0.3, 0.4) is 0 Å². The maximum atomic E-state index is 7.09. The number of nitrogens with one attached hydrogen (secondary N) is 1. The molecule has 0 saturated carbocycles. The first kappa shape index (κ1) is 10.5. The van der Waals surface area contributed by atoms with Gasteiger partial charge in [-0.15, -0.1) is 11.3 Å². The number of thiophene rings is 1. The van der Waals surface area contributed by atoms with Crippen molar-refractivity contribution in [1.82, 2.24) is 0 Å². The highest BCUT2D eigenvalue weighted by Crippen LogP contribution is 2.34. The standard InChI is InChI=1S/C15H13NS/c16-9-3-4-11-7-8-15-13(10-11)12-5-1-2-6-14(12)17-15/h1-2,5-10,16H,3-4H2. The van der Waals surface area contributed by atoms with Gasteiger partial charge in [0.25, 0.3) is 0 Å². The van der Waals surface area contributed by atoms with E-state index < -0.39 is 0 Å². The van der Waals surface area contributed by atoms with Gasteiger partial charge >= 0.3 is 0 Å². The van der Waals surface area contributed by atoms with Gasteiger partial charge in [0.05, 0.1) is 0 Å². The molecule has 0 amide bonds. The van der Waals surface area contributed by atoms with Crippen LogP contribution in [-0.2, 0) is 6.42 Å². The second-order valence-electron chi connectivity index (χ2n) is 4.17. The minimum absolute atomic E-state index is 0.827. The summed E-state index contributed by atoms with van der Waals surface area (Å²) in [6, 6.07) is 15.2. The molecule has 0 saturated heterocycles. The number of aryl methyl sites for hydroxylation is 1. The molecule has 1 N–H and O–H groups in total. The number of fused-ring (bicyclic) bond motifs is 3. The first-order valence-electron chi connectivity index (χ1n) is 5.77. The number of rotatable bonds is 3. The van der Waals surface area contributed by atoms with E-state index in [0.29, 0.717) is 0 Å². The molecule has 0 bridgehead atoms. The van der Waals surface area contributed by atoms with E-state index in [1.165, 1.54) is 32.0 Å². The molecule has 0 aliphatic carbocycles. The van der Waals surface area contributed by atoms with Crippen LogP contribution in [0.2, 0.25) is 0 Å². The number of benzene rings is 2. The Morgan fingerprint density at radius 1 is 1.00 bits per heavy atom. The van der Waals surface area contributed by atoms with Crippen molar-refractivity contribution in [3.05, 3.63) is 48.0 Å². The molecule has 17 heavy (non-hydrogen) atoms. The Bertz CT molecular complexity index is 682. The van der Waals surface area contributed by atoms with Crippen molar-refractivity contribution in [2.45, 2.75) is 12.8 Å². The zero-order valence-corrected chi connectivity index (χ0v) is 10.3. The lowest BCUT2D eigenvalue weighted by molar-refractivity contribution is 1.05. The quantitative estimate of drug-likeness (QED) is 0.644. The van der Waals surface area contributed by atoms with Crippen molar-refractivity contribution in [1.29, 1.82) is 5.41 Å². The van der Waals surface area contributed by atoms with E-state index in [2.05, 4.69) is 42.5 Å². The molecule has 0 unspecified atom stereocenters. The van der Waals surface area contributed by atoms with Crippen molar-refractivity contribution in [3.8, 4) is 0 Å². The van der Waals surface area contributed by atoms with Crippen molar-refractivity contribution in [2.24, 2.45) is 0 Å². The number of hydrogen-bond donors (Lipinski definition) is 1. The van der Waals surface area contributed by atoms with Gasteiger partial charge in [-0.2, -0.15) is 0 Å². The summed E-state index contributed by atoms with van der Waals surface area (Å²) in [5.41, 5.74) is 1.32. The molecular formula is C15H13NS. The molecule has 0 fully saturated rings. The fourth-order valence-corrected chi connectivity index (χ4v) is 3.25. The van der Waals surface area contributed by atoms with Gasteiger partial charge < -0.3 is 5.41 Å². The van der Waals surface area contributed by atoms with E-state index in [1.807, 2.05) is 11.3 Å². The lowest BCUT2D eigenvalue weighted by Gasteiger charge is -1.98. The maximum Gasteiger partial charge on any atom is 0.0355 e. The zero-order valence-electron chi connectivity index (χ0n) is 9.44. The third-order valence-electron chi connectivity index (χ3n) is 3.02. The molecule has 2 heteroatoms. The van der Waals surface area contributed by atoms with Gasteiger partial charge in [0, 0.05) is 20.2 Å². The molecule has 3 rings (SSSR count). The molecule has 0 atom stereocenters. The Kier molecular flexibility index (Phi) is 2.65. The third kappa shape index (κ3) is 1.85. The van der Waals surface area contributed by atoms with Crippen LogP contribution < -0.4 is 0 Å². The highest BCUT2D eigenvalue weighted by Gasteiger charge is 2.04. The Morgan fingerprint density at radius 3 is 2.71 bits per heavy atom. The van der Waals surface area contributed by atoms with E-state index in [0.717, 1.165) is 12.8 Å². The van der Waals surface area contributed by atoms with Gasteiger partial charge in [0.1, 0.15) is 0 Å². The monoisotopic (exact) mass is 239 g/mol. The lowest BCUT2D eigenvalue weighted by Crippen LogP contribution is -1.84. The van der Waals surface area contributed by atoms with E-state index in [-0.39, 0.29) is 0 Å². The molecule has 0 radical (unpaired) electrons. The molecule has 1 nitrogen and oxygen atoms in total. The Morgan fingerprint density at radius 2 is 1.82 bits per heavy atom. The van der Waals surface area contributed by atoms with Gasteiger partial charge in [0.2, 0.25) is 0 Å².